The molecule has 3 nitrogen and oxygen atoms in total. The molecule has 1 heterocycles. The number of hydrogen-bond donors (Lipinski definition) is 1. The van der Waals surface area contributed by atoms with Gasteiger partial charge in [0.05, 0.1) is 5.69 Å². The van der Waals surface area contributed by atoms with Crippen molar-refractivity contribution >= 4 is 33.5 Å². The first-order valence-electron chi connectivity index (χ1n) is 10.4. The molecule has 0 saturated heterocycles. The molecule has 0 amide bonds. The Balaban J connectivity index is 1.39. The van der Waals surface area contributed by atoms with E-state index in [1.54, 1.807) is 0 Å². The third-order valence-corrected chi connectivity index (χ3v) is 6.48. The van der Waals surface area contributed by atoms with Crippen molar-refractivity contribution in [2.45, 2.75) is 18.8 Å². The first-order chi connectivity index (χ1) is 15.2. The predicted molar refractivity (Wildman–Crippen MR) is 131 cm³/mol. The quantitative estimate of drug-likeness (QED) is 0.330. The van der Waals surface area contributed by atoms with Crippen LogP contribution in [0.4, 0.5) is 5.95 Å². The lowest BCUT2D eigenvalue weighted by Gasteiger charge is -2.27. The van der Waals surface area contributed by atoms with Gasteiger partial charge in [-0.2, -0.15) is 0 Å². The number of hydrogen-bond acceptors (Lipinski definition) is 3. The van der Waals surface area contributed by atoms with Crippen LogP contribution in [0, 0.1) is 0 Å². The van der Waals surface area contributed by atoms with Crippen molar-refractivity contribution in [1.29, 1.82) is 0 Å². The summed E-state index contributed by atoms with van der Waals surface area (Å²) in [4.78, 5) is 9.50. The summed E-state index contributed by atoms with van der Waals surface area (Å²) < 4.78 is 1.10. The van der Waals surface area contributed by atoms with E-state index in [9.17, 15) is 0 Å². The summed E-state index contributed by atoms with van der Waals surface area (Å²) in [5.41, 5.74) is 7.23. The van der Waals surface area contributed by atoms with Crippen LogP contribution in [0.25, 0.3) is 11.3 Å². The van der Waals surface area contributed by atoms with Gasteiger partial charge in [0, 0.05) is 33.7 Å². The molecule has 0 saturated carbocycles. The number of fused-ring (bicyclic) bond motifs is 3. The van der Waals surface area contributed by atoms with Crippen molar-refractivity contribution in [3.63, 3.8) is 0 Å². The van der Waals surface area contributed by atoms with E-state index in [1.807, 2.05) is 24.4 Å². The maximum absolute atomic E-state index is 6.11. The average molecular weight is 491 g/mol. The molecule has 0 fully saturated rings. The molecule has 1 aliphatic rings. The van der Waals surface area contributed by atoms with Crippen molar-refractivity contribution in [3.05, 3.63) is 111 Å². The van der Waals surface area contributed by atoms with E-state index in [1.165, 1.54) is 27.8 Å². The molecule has 31 heavy (non-hydrogen) atoms. The number of benzene rings is 3. The van der Waals surface area contributed by atoms with E-state index in [0.29, 0.717) is 5.95 Å². The van der Waals surface area contributed by atoms with Crippen LogP contribution in [-0.2, 0) is 12.8 Å². The van der Waals surface area contributed by atoms with Crippen LogP contribution in [0.15, 0.2) is 83.5 Å². The zero-order valence-electron chi connectivity index (χ0n) is 16.9. The fourth-order valence-electron chi connectivity index (χ4n) is 4.22. The number of anilines is 1. The van der Waals surface area contributed by atoms with Gasteiger partial charge in [0.15, 0.2) is 0 Å². The van der Waals surface area contributed by atoms with Gasteiger partial charge in [-0.05, 0) is 59.4 Å². The Kier molecular flexibility index (Phi) is 5.75. The predicted octanol–water partition coefficient (Wildman–Crippen LogP) is 6.90. The smallest absolute Gasteiger partial charge is 0.223 e. The van der Waals surface area contributed by atoms with Gasteiger partial charge in [-0.25, -0.2) is 9.97 Å². The third-order valence-electron chi connectivity index (χ3n) is 5.74. The van der Waals surface area contributed by atoms with E-state index in [0.717, 1.165) is 34.6 Å². The van der Waals surface area contributed by atoms with Gasteiger partial charge in [-0.1, -0.05) is 76.1 Å². The molecule has 1 N–H and O–H groups in total. The molecule has 1 atom stereocenters. The third kappa shape index (κ3) is 4.36. The van der Waals surface area contributed by atoms with Crippen molar-refractivity contribution in [2.75, 3.05) is 11.9 Å². The van der Waals surface area contributed by atoms with Crippen LogP contribution in [0.3, 0.4) is 0 Å². The summed E-state index contributed by atoms with van der Waals surface area (Å²) in [7, 11) is 0. The van der Waals surface area contributed by atoms with Crippen molar-refractivity contribution < 1.29 is 0 Å². The lowest BCUT2D eigenvalue weighted by Crippen LogP contribution is -2.16. The highest BCUT2D eigenvalue weighted by atomic mass is 79.9. The molecule has 0 aliphatic heterocycles. The number of nitrogens with zero attached hydrogens (tertiary/aromatic N) is 2. The fourth-order valence-corrected chi connectivity index (χ4v) is 4.80. The first kappa shape index (κ1) is 20.2. The summed E-state index contributed by atoms with van der Waals surface area (Å²) in [6.07, 6.45) is 3.77. The number of halogens is 2. The highest BCUT2D eigenvalue weighted by Gasteiger charge is 2.27. The number of rotatable bonds is 5. The molecule has 4 aromatic rings. The van der Waals surface area contributed by atoms with Gasteiger partial charge in [-0.3, -0.25) is 0 Å². The lowest BCUT2D eigenvalue weighted by molar-refractivity contribution is 0.781. The van der Waals surface area contributed by atoms with Crippen molar-refractivity contribution in [1.82, 2.24) is 9.97 Å². The van der Waals surface area contributed by atoms with Gasteiger partial charge in [-0.15, -0.1) is 0 Å². The Morgan fingerprint density at radius 1 is 1.00 bits per heavy atom. The molecule has 0 spiro atoms. The molecule has 5 rings (SSSR count). The molecule has 0 bridgehead atoms. The molecular formula is C26H21BrClN3. The van der Waals surface area contributed by atoms with Gasteiger partial charge >= 0.3 is 0 Å². The molecule has 5 heteroatoms. The van der Waals surface area contributed by atoms with E-state index in [4.69, 9.17) is 16.6 Å². The van der Waals surface area contributed by atoms with Crippen LogP contribution >= 0.6 is 27.5 Å². The van der Waals surface area contributed by atoms with Crippen LogP contribution in [-0.4, -0.2) is 16.5 Å². The summed E-state index contributed by atoms with van der Waals surface area (Å²) in [5.74, 6) is 0.952. The number of nitrogens with one attached hydrogen (secondary N) is 1. The van der Waals surface area contributed by atoms with Gasteiger partial charge in [0.2, 0.25) is 5.95 Å². The zero-order valence-corrected chi connectivity index (χ0v) is 19.2. The molecular weight excluding hydrogens is 470 g/mol. The summed E-state index contributed by atoms with van der Waals surface area (Å²) >= 11 is 9.64. The van der Waals surface area contributed by atoms with Crippen LogP contribution in [0.5, 0.6) is 0 Å². The van der Waals surface area contributed by atoms with E-state index in [2.05, 4.69) is 80.8 Å². The highest BCUT2D eigenvalue weighted by Crippen LogP contribution is 2.41. The van der Waals surface area contributed by atoms with E-state index < -0.39 is 0 Å². The monoisotopic (exact) mass is 489 g/mol. The van der Waals surface area contributed by atoms with Crippen molar-refractivity contribution in [3.8, 4) is 11.3 Å². The fraction of sp³-hybridized carbons (Fsp3) is 0.154. The lowest BCUT2D eigenvalue weighted by atomic mass is 9.78. The highest BCUT2D eigenvalue weighted by molar-refractivity contribution is 9.10. The Hall–Kier alpha value is -2.69. The van der Waals surface area contributed by atoms with E-state index in [-0.39, 0.29) is 5.92 Å². The molecule has 1 aliphatic carbocycles. The van der Waals surface area contributed by atoms with Gasteiger partial charge < -0.3 is 5.32 Å². The second-order valence-electron chi connectivity index (χ2n) is 7.77. The second kappa shape index (κ2) is 8.81. The summed E-state index contributed by atoms with van der Waals surface area (Å²) in [6, 6.07) is 25.1. The molecule has 1 unspecified atom stereocenters. The van der Waals surface area contributed by atoms with Crippen LogP contribution < -0.4 is 5.32 Å². The normalized spacial score (nSPS) is 14.6. The van der Waals surface area contributed by atoms with E-state index >= 15 is 0 Å². The second-order valence-corrected chi connectivity index (χ2v) is 9.12. The van der Waals surface area contributed by atoms with Gasteiger partial charge in [0.1, 0.15) is 0 Å². The Bertz CT molecular complexity index is 1220. The SMILES string of the molecule is Clc1ccc(C2Cc3cnc(NCCc4cccc(Br)c4)nc3-c3ccccc32)cc1. The van der Waals surface area contributed by atoms with Crippen LogP contribution in [0.1, 0.15) is 28.2 Å². The number of aromatic nitrogens is 2. The maximum atomic E-state index is 6.11. The van der Waals surface area contributed by atoms with Crippen LogP contribution in [0.2, 0.25) is 5.02 Å². The first-order valence-corrected chi connectivity index (χ1v) is 11.5. The largest absolute Gasteiger partial charge is 0.354 e. The summed E-state index contributed by atoms with van der Waals surface area (Å²) in [5, 5.41) is 4.15. The van der Waals surface area contributed by atoms with Crippen molar-refractivity contribution in [2.24, 2.45) is 0 Å². The maximum Gasteiger partial charge on any atom is 0.223 e. The minimum absolute atomic E-state index is 0.278. The molecule has 3 aromatic carbocycles. The molecule has 1 aromatic heterocycles. The Labute approximate surface area is 195 Å². The minimum Gasteiger partial charge on any atom is -0.354 e. The standard InChI is InChI=1S/C26H21BrClN3/c27-20-5-3-4-17(14-20)12-13-29-26-30-16-19-15-24(18-8-10-21(28)11-9-18)22-6-1-2-7-23(22)25(19)31-26/h1-11,14,16,24H,12-13,15H2,(H,29,30,31). The Morgan fingerprint density at radius 3 is 2.68 bits per heavy atom. The topological polar surface area (TPSA) is 37.8 Å². The average Bonchev–Trinajstić information content (AvgIpc) is 2.79. The van der Waals surface area contributed by atoms with Gasteiger partial charge in [0.25, 0.3) is 0 Å². The zero-order chi connectivity index (χ0) is 21.2. The minimum atomic E-state index is 0.278. The Morgan fingerprint density at radius 2 is 1.84 bits per heavy atom. The molecule has 0 radical (unpaired) electrons. The molecule has 154 valence electrons. The summed E-state index contributed by atoms with van der Waals surface area (Å²) in [6.45, 7) is 0.782.